The summed E-state index contributed by atoms with van der Waals surface area (Å²) >= 11 is 0. The number of nitrogens with one attached hydrogen (secondary N) is 2. The summed E-state index contributed by atoms with van der Waals surface area (Å²) in [5.74, 6) is 0.255. The SMILES string of the molecule is COc1ccc(CCC(=O)Nc2ccc(S(=O)(=O)NCC(=O)c3ccccc3)cc2)cc1. The number of hydrogen-bond donors (Lipinski definition) is 2. The number of aryl methyl sites for hydroxylation is 1. The summed E-state index contributed by atoms with van der Waals surface area (Å²) in [7, 11) is -2.26. The average Bonchev–Trinajstić information content (AvgIpc) is 2.82. The normalized spacial score (nSPS) is 11.0. The molecule has 0 saturated carbocycles. The maximum absolute atomic E-state index is 12.4. The fourth-order valence-corrected chi connectivity index (χ4v) is 3.94. The Morgan fingerprint density at radius 3 is 2.16 bits per heavy atom. The number of sulfonamides is 1. The predicted molar refractivity (Wildman–Crippen MR) is 122 cm³/mol. The van der Waals surface area contributed by atoms with Crippen LogP contribution in [0.1, 0.15) is 22.3 Å². The van der Waals surface area contributed by atoms with Gasteiger partial charge in [0.1, 0.15) is 5.75 Å². The first-order chi connectivity index (χ1) is 15.4. The molecule has 3 aromatic carbocycles. The highest BCUT2D eigenvalue weighted by molar-refractivity contribution is 7.89. The molecule has 0 bridgehead atoms. The average molecular weight is 453 g/mol. The van der Waals surface area contributed by atoms with Gasteiger partial charge in [-0.25, -0.2) is 13.1 Å². The first-order valence-electron chi connectivity index (χ1n) is 9.98. The topological polar surface area (TPSA) is 102 Å². The van der Waals surface area contributed by atoms with Gasteiger partial charge in [-0.2, -0.15) is 0 Å². The summed E-state index contributed by atoms with van der Waals surface area (Å²) in [5.41, 5.74) is 1.94. The molecule has 0 aliphatic carbocycles. The zero-order valence-corrected chi connectivity index (χ0v) is 18.4. The molecule has 0 unspecified atom stereocenters. The Morgan fingerprint density at radius 2 is 1.53 bits per heavy atom. The molecule has 0 aromatic heterocycles. The Hall–Kier alpha value is -3.49. The second kappa shape index (κ2) is 10.7. The summed E-state index contributed by atoms with van der Waals surface area (Å²) < 4.78 is 32.3. The smallest absolute Gasteiger partial charge is 0.240 e. The molecule has 3 rings (SSSR count). The molecule has 1 amide bonds. The van der Waals surface area contributed by atoms with Crippen molar-refractivity contribution in [3.05, 3.63) is 90.0 Å². The van der Waals surface area contributed by atoms with Crippen molar-refractivity contribution in [3.63, 3.8) is 0 Å². The first kappa shape index (κ1) is 23.2. The summed E-state index contributed by atoms with van der Waals surface area (Å²) in [6.07, 6.45) is 0.858. The Kier molecular flexibility index (Phi) is 7.75. The molecule has 0 radical (unpaired) electrons. The lowest BCUT2D eigenvalue weighted by Gasteiger charge is -2.09. The van der Waals surface area contributed by atoms with E-state index in [1.165, 1.54) is 24.3 Å². The number of Topliss-reactive ketones (excluding diaryl/α,β-unsaturated/α-hetero) is 1. The van der Waals surface area contributed by atoms with Crippen LogP contribution in [0.3, 0.4) is 0 Å². The van der Waals surface area contributed by atoms with E-state index in [0.29, 0.717) is 17.7 Å². The zero-order chi connectivity index (χ0) is 23.0. The van der Waals surface area contributed by atoms with E-state index in [4.69, 9.17) is 4.74 Å². The van der Waals surface area contributed by atoms with E-state index >= 15 is 0 Å². The fourth-order valence-electron chi connectivity index (χ4n) is 2.96. The summed E-state index contributed by atoms with van der Waals surface area (Å²) in [6.45, 7) is -0.337. The van der Waals surface area contributed by atoms with Crippen molar-refractivity contribution in [2.24, 2.45) is 0 Å². The van der Waals surface area contributed by atoms with Gasteiger partial charge in [0.05, 0.1) is 18.6 Å². The molecule has 0 aliphatic heterocycles. The monoisotopic (exact) mass is 452 g/mol. The standard InChI is InChI=1S/C24H24N2O5S/c1-31-21-12-7-18(8-13-21)9-16-24(28)26-20-10-14-22(15-11-20)32(29,30)25-17-23(27)19-5-3-2-4-6-19/h2-8,10-15,25H,9,16-17H2,1H3,(H,26,28). The van der Waals surface area contributed by atoms with Gasteiger partial charge in [-0.05, 0) is 48.4 Å². The van der Waals surface area contributed by atoms with E-state index in [0.717, 1.165) is 11.3 Å². The third kappa shape index (κ3) is 6.50. The van der Waals surface area contributed by atoms with Crippen molar-refractivity contribution in [3.8, 4) is 5.75 Å². The highest BCUT2D eigenvalue weighted by atomic mass is 32.2. The van der Waals surface area contributed by atoms with Crippen molar-refractivity contribution in [2.45, 2.75) is 17.7 Å². The van der Waals surface area contributed by atoms with Gasteiger partial charge in [0, 0.05) is 17.7 Å². The van der Waals surface area contributed by atoms with Crippen LogP contribution in [0.25, 0.3) is 0 Å². The van der Waals surface area contributed by atoms with Crippen LogP contribution in [-0.2, 0) is 21.2 Å². The number of rotatable bonds is 10. The van der Waals surface area contributed by atoms with E-state index in [1.54, 1.807) is 37.4 Å². The minimum absolute atomic E-state index is 0.00888. The number of carbonyl (C=O) groups is 2. The predicted octanol–water partition coefficient (Wildman–Crippen LogP) is 3.43. The van der Waals surface area contributed by atoms with Crippen LogP contribution in [0.15, 0.2) is 83.8 Å². The Balaban J connectivity index is 1.51. The quantitative estimate of drug-likeness (QED) is 0.459. The largest absolute Gasteiger partial charge is 0.497 e. The van der Waals surface area contributed by atoms with Gasteiger partial charge in [0.2, 0.25) is 15.9 Å². The second-order valence-electron chi connectivity index (χ2n) is 7.03. The molecule has 0 atom stereocenters. The minimum atomic E-state index is -3.85. The minimum Gasteiger partial charge on any atom is -0.497 e. The Morgan fingerprint density at radius 1 is 0.875 bits per heavy atom. The number of ether oxygens (including phenoxy) is 1. The van der Waals surface area contributed by atoms with Gasteiger partial charge in [-0.3, -0.25) is 9.59 Å². The number of carbonyl (C=O) groups excluding carboxylic acids is 2. The highest BCUT2D eigenvalue weighted by Gasteiger charge is 2.16. The first-order valence-corrected chi connectivity index (χ1v) is 11.5. The number of ketones is 1. The van der Waals surface area contributed by atoms with Crippen molar-refractivity contribution in [1.29, 1.82) is 0 Å². The van der Waals surface area contributed by atoms with Gasteiger partial charge >= 0.3 is 0 Å². The van der Waals surface area contributed by atoms with Crippen LogP contribution in [0.4, 0.5) is 5.69 Å². The molecular weight excluding hydrogens is 428 g/mol. The van der Waals surface area contributed by atoms with Crippen LogP contribution in [0.5, 0.6) is 5.75 Å². The van der Waals surface area contributed by atoms with Crippen LogP contribution in [0, 0.1) is 0 Å². The van der Waals surface area contributed by atoms with Crippen molar-refractivity contribution >= 4 is 27.4 Å². The second-order valence-corrected chi connectivity index (χ2v) is 8.80. The van der Waals surface area contributed by atoms with Crippen LogP contribution in [0.2, 0.25) is 0 Å². The van der Waals surface area contributed by atoms with Crippen LogP contribution >= 0.6 is 0 Å². The molecule has 0 heterocycles. The molecular formula is C24H24N2O5S. The number of methoxy groups -OCH3 is 1. The van der Waals surface area contributed by atoms with Gasteiger partial charge in [0.15, 0.2) is 5.78 Å². The van der Waals surface area contributed by atoms with Crippen LogP contribution in [-0.4, -0.2) is 33.8 Å². The molecule has 166 valence electrons. The van der Waals surface area contributed by atoms with Gasteiger partial charge in [-0.15, -0.1) is 0 Å². The third-order valence-corrected chi connectivity index (χ3v) is 6.18. The highest BCUT2D eigenvalue weighted by Crippen LogP contribution is 2.16. The molecule has 7 nitrogen and oxygen atoms in total. The van der Waals surface area contributed by atoms with Crippen molar-refractivity contribution < 1.29 is 22.7 Å². The number of amides is 1. The van der Waals surface area contributed by atoms with Gasteiger partial charge in [0.25, 0.3) is 0 Å². The van der Waals surface area contributed by atoms with Crippen LogP contribution < -0.4 is 14.8 Å². The molecule has 0 saturated heterocycles. The Labute approximate surface area is 187 Å². The molecule has 32 heavy (non-hydrogen) atoms. The molecule has 3 aromatic rings. The zero-order valence-electron chi connectivity index (χ0n) is 17.6. The van der Waals surface area contributed by atoms with E-state index in [2.05, 4.69) is 10.0 Å². The maximum atomic E-state index is 12.4. The Bertz CT molecular complexity index is 1160. The van der Waals surface area contributed by atoms with Gasteiger partial charge < -0.3 is 10.1 Å². The van der Waals surface area contributed by atoms with E-state index in [9.17, 15) is 18.0 Å². The number of benzene rings is 3. The molecule has 0 fully saturated rings. The molecule has 0 aliphatic rings. The fraction of sp³-hybridized carbons (Fsp3) is 0.167. The molecule has 8 heteroatoms. The molecule has 2 N–H and O–H groups in total. The van der Waals surface area contributed by atoms with Gasteiger partial charge in [-0.1, -0.05) is 42.5 Å². The maximum Gasteiger partial charge on any atom is 0.240 e. The number of anilines is 1. The molecule has 0 spiro atoms. The van der Waals surface area contributed by atoms with E-state index < -0.39 is 10.0 Å². The van der Waals surface area contributed by atoms with Crippen molar-refractivity contribution in [2.75, 3.05) is 19.0 Å². The summed E-state index contributed by atoms with van der Waals surface area (Å²) in [5, 5.41) is 2.75. The summed E-state index contributed by atoms with van der Waals surface area (Å²) in [4.78, 5) is 24.3. The van der Waals surface area contributed by atoms with E-state index in [-0.39, 0.29) is 29.6 Å². The lowest BCUT2D eigenvalue weighted by atomic mass is 10.1. The van der Waals surface area contributed by atoms with Crippen molar-refractivity contribution in [1.82, 2.24) is 4.72 Å². The third-order valence-electron chi connectivity index (χ3n) is 4.77. The van der Waals surface area contributed by atoms with E-state index in [1.807, 2.05) is 24.3 Å². The lowest BCUT2D eigenvalue weighted by Crippen LogP contribution is -2.29. The number of hydrogen-bond acceptors (Lipinski definition) is 5. The lowest BCUT2D eigenvalue weighted by molar-refractivity contribution is -0.116. The summed E-state index contributed by atoms with van der Waals surface area (Å²) in [6, 6.07) is 21.7.